The van der Waals surface area contributed by atoms with Crippen molar-refractivity contribution < 1.29 is 4.74 Å². The van der Waals surface area contributed by atoms with E-state index >= 15 is 0 Å². The second-order valence-electron chi connectivity index (χ2n) is 9.45. The molecule has 0 unspecified atom stereocenters. The van der Waals surface area contributed by atoms with E-state index in [0.29, 0.717) is 18.1 Å². The van der Waals surface area contributed by atoms with E-state index in [9.17, 15) is 0 Å². The predicted molar refractivity (Wildman–Crippen MR) is 123 cm³/mol. The molecule has 1 aromatic rings. The summed E-state index contributed by atoms with van der Waals surface area (Å²) in [6.45, 7) is 0.919. The molecular weight excluding hydrogens is 386 g/mol. The van der Waals surface area contributed by atoms with Gasteiger partial charge in [0.05, 0.1) is 6.10 Å². The summed E-state index contributed by atoms with van der Waals surface area (Å²) >= 11 is 5.68. The van der Waals surface area contributed by atoms with Crippen LogP contribution in [0.5, 0.6) is 0 Å². The summed E-state index contributed by atoms with van der Waals surface area (Å²) in [7, 11) is 0. The van der Waals surface area contributed by atoms with Crippen molar-refractivity contribution in [3.05, 3.63) is 29.3 Å². The summed E-state index contributed by atoms with van der Waals surface area (Å²) in [4.78, 5) is 1.24. The quantitative estimate of drug-likeness (QED) is 0.539. The lowest BCUT2D eigenvalue weighted by Crippen LogP contribution is -2.46. The molecule has 5 rings (SSSR count). The molecule has 1 saturated heterocycles. The van der Waals surface area contributed by atoms with Crippen molar-refractivity contribution in [1.29, 1.82) is 0 Å². The lowest BCUT2D eigenvalue weighted by molar-refractivity contribution is -0.0458. The average Bonchev–Trinajstić information content (AvgIpc) is 3.52. The number of halogens is 1. The first kappa shape index (κ1) is 20.6. The second kappa shape index (κ2) is 9.02. The molecule has 2 heterocycles. The Hall–Kier alpha value is -0.640. The molecule has 154 valence electrons. The molecule has 28 heavy (non-hydrogen) atoms. The first-order chi connectivity index (χ1) is 13.3. The zero-order valence-corrected chi connectivity index (χ0v) is 18.5. The third kappa shape index (κ3) is 4.42. The highest BCUT2D eigenvalue weighted by atomic mass is 35.5. The minimum atomic E-state index is 0. The number of thiocarbonyl (C=S) groups is 1. The number of fused-ring (bicyclic) bond motifs is 3. The molecule has 2 aliphatic heterocycles. The van der Waals surface area contributed by atoms with E-state index in [1.807, 2.05) is 0 Å². The van der Waals surface area contributed by atoms with E-state index in [-0.39, 0.29) is 12.4 Å². The Morgan fingerprint density at radius 3 is 2.64 bits per heavy atom. The van der Waals surface area contributed by atoms with Gasteiger partial charge >= 0.3 is 0 Å². The normalized spacial score (nSPS) is 29.8. The Balaban J connectivity index is 0.00000192. The van der Waals surface area contributed by atoms with Crippen molar-refractivity contribution in [2.75, 3.05) is 11.9 Å². The number of benzene rings is 1. The summed E-state index contributed by atoms with van der Waals surface area (Å²) in [6, 6.07) is 7.62. The Bertz CT molecular complexity index is 698. The van der Waals surface area contributed by atoms with Gasteiger partial charge in [0.2, 0.25) is 0 Å². The molecule has 0 bridgehead atoms. The topological polar surface area (TPSA) is 21.3 Å². The summed E-state index contributed by atoms with van der Waals surface area (Å²) in [5, 5.41) is 3.98. The Morgan fingerprint density at radius 2 is 1.86 bits per heavy atom. The minimum absolute atomic E-state index is 0. The molecular formula is C24H34ClNOS. The summed E-state index contributed by atoms with van der Waals surface area (Å²) < 4.78 is 6.39. The monoisotopic (exact) mass is 419 g/mol. The van der Waals surface area contributed by atoms with Crippen LogP contribution in [0.4, 0.5) is 5.69 Å². The Morgan fingerprint density at radius 1 is 1.04 bits per heavy atom. The van der Waals surface area contributed by atoms with Gasteiger partial charge in [0.1, 0.15) is 0 Å². The highest BCUT2D eigenvalue weighted by molar-refractivity contribution is 7.80. The van der Waals surface area contributed by atoms with Gasteiger partial charge < -0.3 is 10.1 Å². The van der Waals surface area contributed by atoms with Gasteiger partial charge in [-0.05, 0) is 73.3 Å². The van der Waals surface area contributed by atoms with Crippen LogP contribution < -0.4 is 5.32 Å². The molecule has 0 radical (unpaired) electrons. The van der Waals surface area contributed by atoms with E-state index in [0.717, 1.165) is 31.3 Å². The third-order valence-electron chi connectivity index (χ3n) is 7.35. The van der Waals surface area contributed by atoms with Crippen LogP contribution in [0.15, 0.2) is 18.2 Å². The van der Waals surface area contributed by atoms with E-state index in [4.69, 9.17) is 17.0 Å². The van der Waals surface area contributed by atoms with Crippen LogP contribution in [-0.4, -0.2) is 17.5 Å². The van der Waals surface area contributed by atoms with Gasteiger partial charge in [-0.25, -0.2) is 0 Å². The second-order valence-corrected chi connectivity index (χ2v) is 10.0. The van der Waals surface area contributed by atoms with Crippen LogP contribution >= 0.6 is 24.6 Å². The number of hydrogen-bond acceptors (Lipinski definition) is 3. The molecule has 0 aromatic heterocycles. The molecule has 3 atom stereocenters. The fourth-order valence-electron chi connectivity index (χ4n) is 5.77. The minimum Gasteiger partial charge on any atom is -0.381 e. The number of rotatable bonds is 5. The van der Waals surface area contributed by atoms with Gasteiger partial charge in [-0.3, -0.25) is 0 Å². The van der Waals surface area contributed by atoms with Crippen molar-refractivity contribution in [3.63, 3.8) is 0 Å². The van der Waals surface area contributed by atoms with E-state index in [1.165, 1.54) is 79.5 Å². The molecule has 4 aliphatic rings. The van der Waals surface area contributed by atoms with Crippen molar-refractivity contribution in [1.82, 2.24) is 0 Å². The smallest absolute Gasteiger partial charge is 0.0892 e. The summed E-state index contributed by atoms with van der Waals surface area (Å²) in [5.74, 6) is 2.36. The fourth-order valence-corrected chi connectivity index (χ4v) is 6.18. The standard InChI is InChI=1S/C24H33NOS.ClH/c27-19(13-16-8-9-16)14-17-10-11-22-21(15-17)24-20(7-4-12-26-24)23(25-22)18-5-2-1-3-6-18;/h10-11,15-16,18,20,23-25H,1-9,12-14H2;1H/t20-,23+,24-;/m0./s1. The zero-order valence-electron chi connectivity index (χ0n) is 16.8. The van der Waals surface area contributed by atoms with Crippen LogP contribution in [0.25, 0.3) is 0 Å². The highest BCUT2D eigenvalue weighted by Gasteiger charge is 2.42. The van der Waals surface area contributed by atoms with Crippen LogP contribution in [0.1, 0.15) is 81.4 Å². The maximum atomic E-state index is 6.39. The number of anilines is 1. The molecule has 1 N–H and O–H groups in total. The zero-order chi connectivity index (χ0) is 18.2. The maximum Gasteiger partial charge on any atom is 0.0892 e. The molecule has 1 aromatic carbocycles. The molecule has 2 aliphatic carbocycles. The molecule has 2 saturated carbocycles. The first-order valence-corrected chi connectivity index (χ1v) is 11.7. The number of nitrogens with one attached hydrogen (secondary N) is 1. The van der Waals surface area contributed by atoms with Gasteiger partial charge in [0, 0.05) is 36.2 Å². The van der Waals surface area contributed by atoms with Crippen molar-refractivity contribution in [2.45, 2.75) is 82.8 Å². The molecule has 3 fully saturated rings. The van der Waals surface area contributed by atoms with Gasteiger partial charge in [0.25, 0.3) is 0 Å². The van der Waals surface area contributed by atoms with Crippen molar-refractivity contribution in [2.24, 2.45) is 17.8 Å². The fraction of sp³-hybridized carbons (Fsp3) is 0.708. The predicted octanol–water partition coefficient (Wildman–Crippen LogP) is 6.66. The van der Waals surface area contributed by atoms with Gasteiger partial charge in [-0.1, -0.05) is 43.6 Å². The first-order valence-electron chi connectivity index (χ1n) is 11.3. The molecule has 4 heteroatoms. The Labute approximate surface area is 181 Å². The molecule has 2 nitrogen and oxygen atoms in total. The Kier molecular flexibility index (Phi) is 6.64. The van der Waals surface area contributed by atoms with Crippen molar-refractivity contribution >= 4 is 35.2 Å². The summed E-state index contributed by atoms with van der Waals surface area (Å²) in [6.07, 6.45) is 14.7. The van der Waals surface area contributed by atoms with Crippen LogP contribution in [0.3, 0.4) is 0 Å². The van der Waals surface area contributed by atoms with E-state index in [1.54, 1.807) is 0 Å². The number of ether oxygens (including phenoxy) is 1. The number of hydrogen-bond donors (Lipinski definition) is 1. The van der Waals surface area contributed by atoms with Crippen LogP contribution in [0.2, 0.25) is 0 Å². The van der Waals surface area contributed by atoms with Gasteiger partial charge in [-0.2, -0.15) is 0 Å². The van der Waals surface area contributed by atoms with Gasteiger partial charge in [-0.15, -0.1) is 12.4 Å². The lowest BCUT2D eigenvalue weighted by atomic mass is 9.71. The van der Waals surface area contributed by atoms with Crippen LogP contribution in [-0.2, 0) is 11.2 Å². The van der Waals surface area contributed by atoms with Crippen LogP contribution in [0, 0.1) is 17.8 Å². The van der Waals surface area contributed by atoms with E-state index < -0.39 is 0 Å². The largest absolute Gasteiger partial charge is 0.381 e. The van der Waals surface area contributed by atoms with Gasteiger partial charge in [0.15, 0.2) is 0 Å². The molecule has 0 amide bonds. The summed E-state index contributed by atoms with van der Waals surface area (Å²) in [5.41, 5.74) is 4.11. The molecule has 0 spiro atoms. The lowest BCUT2D eigenvalue weighted by Gasteiger charge is -2.47. The average molecular weight is 420 g/mol. The third-order valence-corrected chi connectivity index (χ3v) is 7.66. The maximum absolute atomic E-state index is 6.39. The van der Waals surface area contributed by atoms with E-state index in [2.05, 4.69) is 23.5 Å². The van der Waals surface area contributed by atoms with Crippen molar-refractivity contribution in [3.8, 4) is 0 Å². The highest BCUT2D eigenvalue weighted by Crippen LogP contribution is 2.48. The SMILES string of the molecule is Cl.S=C(Cc1ccc2c(c1)[C@H]1OCCC[C@H]1[C@@H](C1CCCCC1)N2)CC1CC1.